The molecule has 0 aliphatic heterocycles. The Hall–Kier alpha value is -0.320. The smallest absolute Gasteiger partial charge is 0.169 e. The molecule has 1 aromatic heterocycles. The third kappa shape index (κ3) is 1.82. The van der Waals surface area contributed by atoms with Gasteiger partial charge in [0.05, 0.1) is 6.54 Å². The number of hydrogen-bond donors (Lipinski definition) is 2. The van der Waals surface area contributed by atoms with Gasteiger partial charge >= 0.3 is 0 Å². The summed E-state index contributed by atoms with van der Waals surface area (Å²) in [7, 11) is 0. The van der Waals surface area contributed by atoms with Crippen LogP contribution in [-0.4, -0.2) is 5.21 Å². The van der Waals surface area contributed by atoms with Crippen LogP contribution >= 0.6 is 15.9 Å². The minimum absolute atomic E-state index is 0.339. The molecule has 0 saturated heterocycles. The predicted octanol–water partition coefficient (Wildman–Crippen LogP) is 1.52. The third-order valence-electron chi connectivity index (χ3n) is 0.882. The Morgan fingerprint density at radius 2 is 2.44 bits per heavy atom. The van der Waals surface area contributed by atoms with E-state index in [0.717, 1.165) is 0 Å². The zero-order valence-corrected chi connectivity index (χ0v) is 6.18. The molecule has 0 atom stereocenters. The highest BCUT2D eigenvalue weighted by Gasteiger charge is 1.95. The van der Waals surface area contributed by atoms with E-state index in [2.05, 4.69) is 15.9 Å². The SMILES string of the molecule is ONCc1ccc(Br)o1. The van der Waals surface area contributed by atoms with E-state index >= 15 is 0 Å². The average Bonchev–Trinajstić information content (AvgIpc) is 2.17. The fourth-order valence-corrected chi connectivity index (χ4v) is 0.865. The Morgan fingerprint density at radius 3 is 2.89 bits per heavy atom. The van der Waals surface area contributed by atoms with Gasteiger partial charge in [-0.1, -0.05) is 0 Å². The summed E-state index contributed by atoms with van der Waals surface area (Å²) in [6, 6.07) is 3.54. The van der Waals surface area contributed by atoms with Crippen LogP contribution in [0.3, 0.4) is 0 Å². The van der Waals surface area contributed by atoms with Crippen LogP contribution in [0.5, 0.6) is 0 Å². The highest BCUT2D eigenvalue weighted by atomic mass is 79.9. The van der Waals surface area contributed by atoms with Crippen molar-refractivity contribution < 1.29 is 9.62 Å². The maximum Gasteiger partial charge on any atom is 0.169 e. The molecule has 0 saturated carbocycles. The van der Waals surface area contributed by atoms with Crippen molar-refractivity contribution in [2.45, 2.75) is 6.54 Å². The van der Waals surface area contributed by atoms with Gasteiger partial charge < -0.3 is 9.62 Å². The van der Waals surface area contributed by atoms with Crippen molar-refractivity contribution in [3.8, 4) is 0 Å². The minimum Gasteiger partial charge on any atom is -0.453 e. The number of halogens is 1. The van der Waals surface area contributed by atoms with E-state index in [-0.39, 0.29) is 0 Å². The van der Waals surface area contributed by atoms with Gasteiger partial charge in [-0.15, -0.1) is 0 Å². The number of hydrogen-bond acceptors (Lipinski definition) is 3. The first kappa shape index (κ1) is 6.80. The largest absolute Gasteiger partial charge is 0.453 e. The van der Waals surface area contributed by atoms with Crippen LogP contribution in [0.4, 0.5) is 0 Å². The second kappa shape index (κ2) is 3.00. The lowest BCUT2D eigenvalue weighted by Crippen LogP contribution is -2.04. The van der Waals surface area contributed by atoms with Gasteiger partial charge in [-0.2, -0.15) is 5.48 Å². The van der Waals surface area contributed by atoms with E-state index in [9.17, 15) is 0 Å². The van der Waals surface area contributed by atoms with Crippen molar-refractivity contribution in [3.05, 3.63) is 22.6 Å². The van der Waals surface area contributed by atoms with Crippen LogP contribution in [0, 0.1) is 0 Å². The molecule has 0 aliphatic rings. The van der Waals surface area contributed by atoms with Crippen LogP contribution < -0.4 is 5.48 Å². The quantitative estimate of drug-likeness (QED) is 0.698. The second-order valence-corrected chi connectivity index (χ2v) is 2.32. The van der Waals surface area contributed by atoms with Crippen molar-refractivity contribution in [1.29, 1.82) is 0 Å². The van der Waals surface area contributed by atoms with Crippen LogP contribution in [0.15, 0.2) is 21.2 Å². The Labute approximate surface area is 60.8 Å². The standard InChI is InChI=1S/C5H6BrNO2/c6-5-2-1-4(9-5)3-7-8/h1-2,7-8H,3H2. The van der Waals surface area contributed by atoms with E-state index in [0.29, 0.717) is 17.0 Å². The number of hydroxylamine groups is 1. The molecule has 3 nitrogen and oxygen atoms in total. The van der Waals surface area contributed by atoms with Gasteiger partial charge in [-0.25, -0.2) is 0 Å². The minimum atomic E-state index is 0.339. The molecule has 0 radical (unpaired) electrons. The van der Waals surface area contributed by atoms with Gasteiger partial charge in [-0.05, 0) is 28.1 Å². The van der Waals surface area contributed by atoms with E-state index in [1.807, 2.05) is 5.48 Å². The Bertz CT molecular complexity index is 187. The molecule has 0 aliphatic carbocycles. The van der Waals surface area contributed by atoms with Crippen molar-refractivity contribution >= 4 is 15.9 Å². The molecule has 0 bridgehead atoms. The first-order valence-electron chi connectivity index (χ1n) is 2.44. The Kier molecular flexibility index (Phi) is 2.27. The average molecular weight is 192 g/mol. The summed E-state index contributed by atoms with van der Waals surface area (Å²) >= 11 is 3.13. The Morgan fingerprint density at radius 1 is 1.67 bits per heavy atom. The molecule has 0 amide bonds. The molecule has 0 spiro atoms. The molecule has 0 fully saturated rings. The van der Waals surface area contributed by atoms with E-state index in [4.69, 9.17) is 9.62 Å². The van der Waals surface area contributed by atoms with E-state index in [1.54, 1.807) is 12.1 Å². The first-order valence-corrected chi connectivity index (χ1v) is 3.23. The van der Waals surface area contributed by atoms with Gasteiger partial charge in [-0.3, -0.25) is 0 Å². The van der Waals surface area contributed by atoms with Crippen LogP contribution in [0.25, 0.3) is 0 Å². The highest BCUT2D eigenvalue weighted by Crippen LogP contribution is 2.13. The molecule has 1 rings (SSSR count). The lowest BCUT2D eigenvalue weighted by Gasteiger charge is -1.89. The van der Waals surface area contributed by atoms with Crippen LogP contribution in [-0.2, 0) is 6.54 Å². The van der Waals surface area contributed by atoms with Crippen molar-refractivity contribution in [2.24, 2.45) is 0 Å². The lowest BCUT2D eigenvalue weighted by molar-refractivity contribution is 0.153. The summed E-state index contributed by atoms with van der Waals surface area (Å²) in [5, 5.41) is 8.20. The van der Waals surface area contributed by atoms with Gasteiger partial charge in [0.1, 0.15) is 5.76 Å². The van der Waals surface area contributed by atoms with Crippen LogP contribution in [0.2, 0.25) is 0 Å². The summed E-state index contributed by atoms with van der Waals surface area (Å²) in [6.07, 6.45) is 0. The number of furan rings is 1. The zero-order valence-electron chi connectivity index (χ0n) is 4.60. The number of rotatable bonds is 2. The van der Waals surface area contributed by atoms with Gasteiger partial charge in [0.2, 0.25) is 0 Å². The molecular formula is C5H6BrNO2. The molecule has 0 unspecified atom stereocenters. The summed E-state index contributed by atoms with van der Waals surface area (Å²) < 4.78 is 5.69. The van der Waals surface area contributed by atoms with Gasteiger partial charge in [0, 0.05) is 0 Å². The fourth-order valence-electron chi connectivity index (χ4n) is 0.525. The molecule has 50 valence electrons. The van der Waals surface area contributed by atoms with E-state index < -0.39 is 0 Å². The zero-order chi connectivity index (χ0) is 6.69. The molecule has 0 aromatic carbocycles. The molecule has 4 heteroatoms. The normalized spacial score (nSPS) is 10.0. The first-order chi connectivity index (χ1) is 4.33. The molecule has 1 aromatic rings. The molecular weight excluding hydrogens is 186 g/mol. The lowest BCUT2D eigenvalue weighted by atomic mass is 10.5. The topological polar surface area (TPSA) is 45.4 Å². The number of nitrogens with one attached hydrogen (secondary N) is 1. The predicted molar refractivity (Wildman–Crippen MR) is 35.0 cm³/mol. The second-order valence-electron chi connectivity index (χ2n) is 1.54. The summed E-state index contributed by atoms with van der Waals surface area (Å²) in [5.41, 5.74) is 1.98. The summed E-state index contributed by atoms with van der Waals surface area (Å²) in [6.45, 7) is 0.339. The Balaban J connectivity index is 2.61. The fraction of sp³-hybridized carbons (Fsp3) is 0.200. The maximum atomic E-state index is 8.20. The molecule has 2 N–H and O–H groups in total. The molecule has 1 heterocycles. The van der Waals surface area contributed by atoms with Crippen molar-refractivity contribution in [1.82, 2.24) is 5.48 Å². The monoisotopic (exact) mass is 191 g/mol. The van der Waals surface area contributed by atoms with E-state index in [1.165, 1.54) is 0 Å². The summed E-state index contributed by atoms with van der Waals surface area (Å²) in [4.78, 5) is 0. The highest BCUT2D eigenvalue weighted by molar-refractivity contribution is 9.10. The van der Waals surface area contributed by atoms with Gasteiger partial charge in [0.25, 0.3) is 0 Å². The molecule has 9 heavy (non-hydrogen) atoms. The van der Waals surface area contributed by atoms with Crippen LogP contribution in [0.1, 0.15) is 5.76 Å². The maximum absolute atomic E-state index is 8.20. The summed E-state index contributed by atoms with van der Waals surface area (Å²) in [5.74, 6) is 0.698. The third-order valence-corrected chi connectivity index (χ3v) is 1.31. The van der Waals surface area contributed by atoms with Gasteiger partial charge in [0.15, 0.2) is 4.67 Å². The van der Waals surface area contributed by atoms with Crippen molar-refractivity contribution in [2.75, 3.05) is 0 Å². The van der Waals surface area contributed by atoms with Crippen molar-refractivity contribution in [3.63, 3.8) is 0 Å².